The van der Waals surface area contributed by atoms with Crippen LogP contribution in [0.2, 0.25) is 0 Å². The second-order valence-electron chi connectivity index (χ2n) is 3.75. The van der Waals surface area contributed by atoms with Gasteiger partial charge in [0.05, 0.1) is 11.0 Å². The lowest BCUT2D eigenvalue weighted by atomic mass is 10.2. The Balaban J connectivity index is 2.10. The maximum atomic E-state index is 13.4. The maximum Gasteiger partial charge on any atom is 0.274 e. The van der Waals surface area contributed by atoms with E-state index in [4.69, 9.17) is 0 Å². The fourth-order valence-electron chi connectivity index (χ4n) is 1.48. The summed E-state index contributed by atoms with van der Waals surface area (Å²) < 4.78 is 26.1. The van der Waals surface area contributed by atoms with E-state index in [0.717, 1.165) is 12.1 Å². The number of anilines is 1. The van der Waals surface area contributed by atoms with Crippen molar-refractivity contribution in [1.29, 1.82) is 0 Å². The van der Waals surface area contributed by atoms with Crippen molar-refractivity contribution >= 4 is 11.5 Å². The van der Waals surface area contributed by atoms with Gasteiger partial charge < -0.3 is 5.32 Å². The predicted molar refractivity (Wildman–Crippen MR) is 64.6 cm³/mol. The molecular weight excluding hydrogens is 256 g/mol. The van der Waals surface area contributed by atoms with E-state index in [1.165, 1.54) is 24.4 Å². The lowest BCUT2D eigenvalue weighted by Gasteiger charge is -2.06. The number of pyridine rings is 1. The van der Waals surface area contributed by atoms with Gasteiger partial charge in [-0.25, -0.2) is 13.8 Å². The number of nitro groups is 1. The van der Waals surface area contributed by atoms with E-state index in [9.17, 15) is 18.9 Å². The molecule has 0 saturated heterocycles. The molecule has 2 aromatic rings. The van der Waals surface area contributed by atoms with E-state index in [1.54, 1.807) is 0 Å². The average molecular weight is 265 g/mol. The smallest absolute Gasteiger partial charge is 0.274 e. The zero-order valence-electron chi connectivity index (χ0n) is 9.64. The highest BCUT2D eigenvalue weighted by molar-refractivity contribution is 5.44. The molecule has 0 amide bonds. The summed E-state index contributed by atoms with van der Waals surface area (Å²) in [5.74, 6) is -1.09. The number of hydrogen-bond acceptors (Lipinski definition) is 4. The van der Waals surface area contributed by atoms with E-state index in [2.05, 4.69) is 10.3 Å². The molecule has 0 aliphatic rings. The van der Waals surface area contributed by atoms with Gasteiger partial charge in [-0.1, -0.05) is 6.07 Å². The summed E-state index contributed by atoms with van der Waals surface area (Å²) in [5, 5.41) is 13.3. The molecule has 0 saturated carbocycles. The quantitative estimate of drug-likeness (QED) is 0.681. The Bertz CT molecular complexity index is 620. The van der Waals surface area contributed by atoms with Gasteiger partial charge in [0.2, 0.25) is 0 Å². The van der Waals surface area contributed by atoms with Gasteiger partial charge in [-0.15, -0.1) is 0 Å². The normalized spacial score (nSPS) is 10.2. The molecule has 19 heavy (non-hydrogen) atoms. The van der Waals surface area contributed by atoms with Crippen LogP contribution in [0.1, 0.15) is 5.56 Å². The minimum atomic E-state index is -0.682. The molecule has 1 aromatic heterocycles. The second kappa shape index (κ2) is 5.38. The molecule has 2 rings (SSSR count). The van der Waals surface area contributed by atoms with Crippen LogP contribution in [-0.4, -0.2) is 9.91 Å². The Morgan fingerprint density at radius 2 is 2.05 bits per heavy atom. The van der Waals surface area contributed by atoms with Crippen molar-refractivity contribution in [3.8, 4) is 0 Å². The molecule has 1 aromatic carbocycles. The van der Waals surface area contributed by atoms with Gasteiger partial charge in [-0.05, 0) is 6.07 Å². The molecule has 0 aliphatic carbocycles. The number of aromatic nitrogens is 1. The van der Waals surface area contributed by atoms with Crippen LogP contribution in [0.15, 0.2) is 36.5 Å². The first-order valence-corrected chi connectivity index (χ1v) is 5.34. The van der Waals surface area contributed by atoms with Crippen LogP contribution in [0.25, 0.3) is 0 Å². The zero-order valence-corrected chi connectivity index (χ0v) is 9.64. The van der Waals surface area contributed by atoms with Gasteiger partial charge in [0, 0.05) is 30.4 Å². The first-order valence-electron chi connectivity index (χ1n) is 5.34. The molecular formula is C12H9F2N3O2. The minimum absolute atomic E-state index is 0.0558. The molecule has 0 spiro atoms. The fourth-order valence-corrected chi connectivity index (χ4v) is 1.48. The van der Waals surface area contributed by atoms with Crippen LogP contribution < -0.4 is 5.32 Å². The lowest BCUT2D eigenvalue weighted by Crippen LogP contribution is -2.04. The zero-order chi connectivity index (χ0) is 13.8. The van der Waals surface area contributed by atoms with Crippen molar-refractivity contribution in [3.63, 3.8) is 0 Å². The van der Waals surface area contributed by atoms with Crippen LogP contribution >= 0.6 is 0 Å². The van der Waals surface area contributed by atoms with Crippen LogP contribution in [0.4, 0.5) is 20.3 Å². The number of benzene rings is 1. The molecule has 98 valence electrons. The number of rotatable bonds is 4. The van der Waals surface area contributed by atoms with Crippen LogP contribution in [0, 0.1) is 21.7 Å². The summed E-state index contributed by atoms with van der Waals surface area (Å²) >= 11 is 0. The van der Waals surface area contributed by atoms with Crippen molar-refractivity contribution in [1.82, 2.24) is 4.98 Å². The summed E-state index contributed by atoms with van der Waals surface area (Å²) in [6, 6.07) is 5.71. The number of nitrogens with zero attached hydrogens (tertiary/aromatic N) is 2. The van der Waals surface area contributed by atoms with Gasteiger partial charge in [-0.2, -0.15) is 0 Å². The Labute approximate surface area is 107 Å². The Morgan fingerprint density at radius 1 is 1.26 bits per heavy atom. The highest BCUT2D eigenvalue weighted by atomic mass is 19.1. The SMILES string of the molecule is O=[N+]([O-])c1ccnc(NCc2ccc(F)cc2F)c1. The summed E-state index contributed by atoms with van der Waals surface area (Å²) in [6.07, 6.45) is 1.28. The van der Waals surface area contributed by atoms with E-state index in [0.29, 0.717) is 0 Å². The first kappa shape index (κ1) is 12.9. The summed E-state index contributed by atoms with van der Waals surface area (Å²) in [7, 11) is 0. The summed E-state index contributed by atoms with van der Waals surface area (Å²) in [5.41, 5.74) is 0.131. The van der Waals surface area contributed by atoms with Gasteiger partial charge in [0.1, 0.15) is 17.5 Å². The van der Waals surface area contributed by atoms with Crippen LogP contribution in [-0.2, 0) is 6.54 Å². The predicted octanol–water partition coefficient (Wildman–Crippen LogP) is 2.88. The summed E-state index contributed by atoms with van der Waals surface area (Å²) in [4.78, 5) is 13.9. The Kier molecular flexibility index (Phi) is 3.65. The van der Waals surface area contributed by atoms with Crippen LogP contribution in [0.5, 0.6) is 0 Å². The lowest BCUT2D eigenvalue weighted by molar-refractivity contribution is -0.384. The van der Waals surface area contributed by atoms with E-state index < -0.39 is 16.6 Å². The minimum Gasteiger partial charge on any atom is -0.366 e. The molecule has 0 fully saturated rings. The van der Waals surface area contributed by atoms with E-state index in [1.807, 2.05) is 0 Å². The first-order chi connectivity index (χ1) is 9.06. The third-order valence-corrected chi connectivity index (χ3v) is 2.43. The van der Waals surface area contributed by atoms with Crippen molar-refractivity contribution in [2.24, 2.45) is 0 Å². The molecule has 0 unspecified atom stereocenters. The molecule has 7 heteroatoms. The number of nitrogens with one attached hydrogen (secondary N) is 1. The van der Waals surface area contributed by atoms with Gasteiger partial charge in [0.25, 0.3) is 5.69 Å². The molecule has 5 nitrogen and oxygen atoms in total. The van der Waals surface area contributed by atoms with Crippen molar-refractivity contribution in [2.75, 3.05) is 5.32 Å². The van der Waals surface area contributed by atoms with E-state index in [-0.39, 0.29) is 23.6 Å². The Hall–Kier alpha value is -2.57. The molecule has 0 bridgehead atoms. The number of hydrogen-bond donors (Lipinski definition) is 1. The van der Waals surface area contributed by atoms with Crippen LogP contribution in [0.3, 0.4) is 0 Å². The Morgan fingerprint density at radius 3 is 2.74 bits per heavy atom. The molecule has 1 N–H and O–H groups in total. The fraction of sp³-hybridized carbons (Fsp3) is 0.0833. The number of halogens is 2. The topological polar surface area (TPSA) is 68.1 Å². The average Bonchev–Trinajstić information content (AvgIpc) is 2.38. The van der Waals surface area contributed by atoms with Crippen molar-refractivity contribution < 1.29 is 13.7 Å². The molecule has 1 heterocycles. The largest absolute Gasteiger partial charge is 0.366 e. The molecule has 0 aliphatic heterocycles. The van der Waals surface area contributed by atoms with Gasteiger partial charge in [0.15, 0.2) is 0 Å². The van der Waals surface area contributed by atoms with Gasteiger partial charge >= 0.3 is 0 Å². The van der Waals surface area contributed by atoms with Crippen molar-refractivity contribution in [2.45, 2.75) is 6.54 Å². The molecule has 0 atom stereocenters. The third-order valence-electron chi connectivity index (χ3n) is 2.43. The standard InChI is InChI=1S/C12H9F2N3O2/c13-9-2-1-8(11(14)5-9)7-16-12-6-10(17(18)19)3-4-15-12/h1-6H,7H2,(H,15,16). The maximum absolute atomic E-state index is 13.4. The van der Waals surface area contributed by atoms with E-state index >= 15 is 0 Å². The van der Waals surface area contributed by atoms with Crippen molar-refractivity contribution in [3.05, 3.63) is 63.8 Å². The second-order valence-corrected chi connectivity index (χ2v) is 3.75. The summed E-state index contributed by atoms with van der Waals surface area (Å²) in [6.45, 7) is 0.0558. The monoisotopic (exact) mass is 265 g/mol. The highest BCUT2D eigenvalue weighted by Gasteiger charge is 2.08. The third kappa shape index (κ3) is 3.21. The van der Waals surface area contributed by atoms with Gasteiger partial charge in [-0.3, -0.25) is 10.1 Å². The highest BCUT2D eigenvalue weighted by Crippen LogP contribution is 2.16. The molecule has 0 radical (unpaired) electrons.